The molecule has 74 valence electrons. The smallest absolute Gasteiger partial charge is 0.183 e. The molecule has 1 aliphatic heterocycles. The van der Waals surface area contributed by atoms with Crippen LogP contribution in [0.2, 0.25) is 0 Å². The van der Waals surface area contributed by atoms with E-state index in [1.165, 1.54) is 6.08 Å². The average molecular weight is 184 g/mol. The third-order valence-electron chi connectivity index (χ3n) is 2.40. The summed E-state index contributed by atoms with van der Waals surface area (Å²) in [6.45, 7) is 8.40. The predicted molar refractivity (Wildman–Crippen MR) is 49.6 cm³/mol. The fourth-order valence-electron chi connectivity index (χ4n) is 1.28. The molecule has 0 bridgehead atoms. The Morgan fingerprint density at radius 3 is 2.69 bits per heavy atom. The molecule has 0 aromatic heterocycles. The molecule has 3 nitrogen and oxygen atoms in total. The van der Waals surface area contributed by atoms with Gasteiger partial charge in [0.25, 0.3) is 0 Å². The number of ether oxygens (including phenoxy) is 2. The Morgan fingerprint density at radius 2 is 2.38 bits per heavy atom. The van der Waals surface area contributed by atoms with Crippen molar-refractivity contribution in [3.63, 3.8) is 0 Å². The van der Waals surface area contributed by atoms with Gasteiger partial charge in [-0.3, -0.25) is 4.79 Å². The molecule has 1 fully saturated rings. The van der Waals surface area contributed by atoms with Gasteiger partial charge < -0.3 is 9.47 Å². The molecule has 0 N–H and O–H groups in total. The van der Waals surface area contributed by atoms with Gasteiger partial charge in [0.2, 0.25) is 0 Å². The van der Waals surface area contributed by atoms with E-state index in [0.717, 1.165) is 6.42 Å². The largest absolute Gasteiger partial charge is 0.375 e. The third-order valence-corrected chi connectivity index (χ3v) is 2.40. The van der Waals surface area contributed by atoms with Crippen LogP contribution in [-0.2, 0) is 14.3 Å². The monoisotopic (exact) mass is 184 g/mol. The van der Waals surface area contributed by atoms with Crippen LogP contribution in [-0.4, -0.2) is 30.7 Å². The van der Waals surface area contributed by atoms with E-state index in [4.69, 9.17) is 9.47 Å². The molecule has 0 aromatic rings. The minimum Gasteiger partial charge on any atom is -0.375 e. The third kappa shape index (κ3) is 2.17. The van der Waals surface area contributed by atoms with E-state index in [0.29, 0.717) is 13.2 Å². The van der Waals surface area contributed by atoms with Gasteiger partial charge in [0.05, 0.1) is 13.2 Å². The number of rotatable bonds is 5. The van der Waals surface area contributed by atoms with Gasteiger partial charge in [-0.05, 0) is 19.4 Å². The van der Waals surface area contributed by atoms with Crippen LogP contribution >= 0.6 is 0 Å². The van der Waals surface area contributed by atoms with Gasteiger partial charge in [-0.1, -0.05) is 13.5 Å². The van der Waals surface area contributed by atoms with E-state index in [9.17, 15) is 4.79 Å². The predicted octanol–water partition coefficient (Wildman–Crippen LogP) is 1.33. The van der Waals surface area contributed by atoms with Crippen LogP contribution in [0.15, 0.2) is 12.7 Å². The molecule has 0 aliphatic carbocycles. The summed E-state index contributed by atoms with van der Waals surface area (Å²) in [5.41, 5.74) is -0.224. The molecule has 0 spiro atoms. The number of hydrogen-bond acceptors (Lipinski definition) is 3. The van der Waals surface area contributed by atoms with E-state index < -0.39 is 6.10 Å². The Labute approximate surface area is 78.7 Å². The van der Waals surface area contributed by atoms with Crippen LogP contribution in [0.5, 0.6) is 0 Å². The first-order valence-corrected chi connectivity index (χ1v) is 4.55. The fourth-order valence-corrected chi connectivity index (χ4v) is 1.28. The van der Waals surface area contributed by atoms with E-state index in [1.54, 1.807) is 6.92 Å². The molecule has 0 saturated carbocycles. The zero-order valence-corrected chi connectivity index (χ0v) is 8.21. The molecule has 3 heteroatoms. The molecule has 13 heavy (non-hydrogen) atoms. The number of hydrogen-bond donors (Lipinski definition) is 0. The lowest BCUT2D eigenvalue weighted by atomic mass is 9.98. The average Bonchev–Trinajstić information content (AvgIpc) is 2.09. The van der Waals surface area contributed by atoms with Gasteiger partial charge >= 0.3 is 0 Å². The Hall–Kier alpha value is -0.670. The summed E-state index contributed by atoms with van der Waals surface area (Å²) >= 11 is 0. The second kappa shape index (κ2) is 4.03. The molecule has 1 saturated heterocycles. The summed E-state index contributed by atoms with van der Waals surface area (Å²) in [7, 11) is 0. The maximum atomic E-state index is 11.2. The van der Waals surface area contributed by atoms with Crippen molar-refractivity contribution in [2.45, 2.75) is 32.0 Å². The van der Waals surface area contributed by atoms with E-state index in [1.807, 2.05) is 6.92 Å². The summed E-state index contributed by atoms with van der Waals surface area (Å²) in [6, 6.07) is 0. The first kappa shape index (κ1) is 10.4. The minimum absolute atomic E-state index is 0.0697. The van der Waals surface area contributed by atoms with Crippen molar-refractivity contribution in [3.05, 3.63) is 12.7 Å². The maximum Gasteiger partial charge on any atom is 0.183 e. The highest BCUT2D eigenvalue weighted by Crippen LogP contribution is 2.27. The molecule has 1 unspecified atom stereocenters. The number of carbonyl (C=O) groups excluding carboxylic acids is 1. The van der Waals surface area contributed by atoms with Gasteiger partial charge in [-0.25, -0.2) is 0 Å². The first-order chi connectivity index (χ1) is 6.13. The van der Waals surface area contributed by atoms with Crippen LogP contribution in [0.1, 0.15) is 20.3 Å². The van der Waals surface area contributed by atoms with Crippen LogP contribution in [0, 0.1) is 0 Å². The van der Waals surface area contributed by atoms with Gasteiger partial charge in [-0.2, -0.15) is 0 Å². The zero-order valence-electron chi connectivity index (χ0n) is 8.21. The molecular formula is C10H16O3. The van der Waals surface area contributed by atoms with Gasteiger partial charge in [-0.15, -0.1) is 0 Å². The van der Waals surface area contributed by atoms with Crippen molar-refractivity contribution in [3.8, 4) is 0 Å². The fraction of sp³-hybridized carbons (Fsp3) is 0.700. The summed E-state index contributed by atoms with van der Waals surface area (Å²) < 4.78 is 10.7. The van der Waals surface area contributed by atoms with Crippen LogP contribution in [0.4, 0.5) is 0 Å². The lowest BCUT2D eigenvalue weighted by molar-refractivity contribution is -0.225. The van der Waals surface area contributed by atoms with Crippen molar-refractivity contribution < 1.29 is 14.3 Å². The van der Waals surface area contributed by atoms with Crippen molar-refractivity contribution in [1.82, 2.24) is 0 Å². The van der Waals surface area contributed by atoms with E-state index >= 15 is 0 Å². The highest BCUT2D eigenvalue weighted by atomic mass is 16.6. The number of ketones is 1. The topological polar surface area (TPSA) is 35.5 Å². The number of carbonyl (C=O) groups is 1. The van der Waals surface area contributed by atoms with Crippen LogP contribution in [0.3, 0.4) is 0 Å². The van der Waals surface area contributed by atoms with E-state index in [-0.39, 0.29) is 11.4 Å². The quantitative estimate of drug-likeness (QED) is 0.604. The Kier molecular flexibility index (Phi) is 3.22. The maximum absolute atomic E-state index is 11.2. The van der Waals surface area contributed by atoms with Gasteiger partial charge in [0.15, 0.2) is 5.78 Å². The first-order valence-electron chi connectivity index (χ1n) is 4.55. The highest BCUT2D eigenvalue weighted by Gasteiger charge is 2.40. The molecule has 1 rings (SSSR count). The van der Waals surface area contributed by atoms with Crippen LogP contribution in [0.25, 0.3) is 0 Å². The van der Waals surface area contributed by atoms with Crippen molar-refractivity contribution >= 4 is 5.78 Å². The summed E-state index contributed by atoms with van der Waals surface area (Å²) in [5.74, 6) is -0.0697. The standard InChI is InChI=1S/C10H16O3/c1-4-9(11)8(3)13-10(5-2)6-12-7-10/h4,8H,1,5-7H2,2-3H3. The highest BCUT2D eigenvalue weighted by molar-refractivity contribution is 5.92. The Morgan fingerprint density at radius 1 is 1.77 bits per heavy atom. The van der Waals surface area contributed by atoms with Gasteiger partial charge in [0.1, 0.15) is 11.7 Å². The lowest BCUT2D eigenvalue weighted by Gasteiger charge is -2.41. The SMILES string of the molecule is C=CC(=O)C(C)OC1(CC)COC1. The Balaban J connectivity index is 2.46. The van der Waals surface area contributed by atoms with Crippen molar-refractivity contribution in [1.29, 1.82) is 0 Å². The molecule has 0 amide bonds. The van der Waals surface area contributed by atoms with Gasteiger partial charge in [0, 0.05) is 0 Å². The normalized spacial score (nSPS) is 21.7. The lowest BCUT2D eigenvalue weighted by Crippen LogP contribution is -2.53. The van der Waals surface area contributed by atoms with Crippen molar-refractivity contribution in [2.75, 3.05) is 13.2 Å². The summed E-state index contributed by atoms with van der Waals surface area (Å²) in [4.78, 5) is 11.2. The molecular weight excluding hydrogens is 168 g/mol. The summed E-state index contributed by atoms with van der Waals surface area (Å²) in [5, 5.41) is 0. The summed E-state index contributed by atoms with van der Waals surface area (Å²) in [6.07, 6.45) is 1.77. The molecule has 1 heterocycles. The Bertz CT molecular complexity index is 201. The van der Waals surface area contributed by atoms with Crippen molar-refractivity contribution in [2.24, 2.45) is 0 Å². The van der Waals surface area contributed by atoms with E-state index in [2.05, 4.69) is 6.58 Å². The molecule has 1 atom stereocenters. The zero-order chi connectivity index (χ0) is 9.90. The molecule has 0 radical (unpaired) electrons. The second-order valence-corrected chi connectivity index (χ2v) is 3.40. The minimum atomic E-state index is -0.402. The van der Waals surface area contributed by atoms with Crippen LogP contribution < -0.4 is 0 Å². The second-order valence-electron chi connectivity index (χ2n) is 3.40. The molecule has 1 aliphatic rings. The molecule has 0 aromatic carbocycles.